The number of rotatable bonds is 1. The molecular weight excluding hydrogens is 138 g/mol. The van der Waals surface area contributed by atoms with Crippen molar-refractivity contribution >= 4 is 64.5 Å². The second-order valence-electron chi connectivity index (χ2n) is 0.575. The summed E-state index contributed by atoms with van der Waals surface area (Å²) >= 11 is 0. The molecule has 0 heterocycles. The Morgan fingerprint density at radius 2 is 2.00 bits per heavy atom. The molecule has 26 valence electrons. The third kappa shape index (κ3) is 10.8. The normalized spacial score (nSPS) is 5.00. The van der Waals surface area contributed by atoms with Crippen LogP contribution in [0.3, 0.4) is 0 Å². The van der Waals surface area contributed by atoms with E-state index in [2.05, 4.69) is 0 Å². The van der Waals surface area contributed by atoms with Gasteiger partial charge in [0, 0.05) is 6.42 Å². The summed E-state index contributed by atoms with van der Waals surface area (Å²) in [5.41, 5.74) is 0. The summed E-state index contributed by atoms with van der Waals surface area (Å²) in [6.07, 6.45) is 1.51. The van der Waals surface area contributed by atoms with Gasteiger partial charge >= 0.3 is 58.2 Å². The predicted octanol–water partition coefficient (Wildman–Crippen LogP) is -0.0532. The van der Waals surface area contributed by atoms with E-state index in [1.54, 1.807) is 0 Å². The van der Waals surface area contributed by atoms with E-state index in [1.165, 1.54) is 0 Å². The molecule has 0 unspecified atom stereocenters. The van der Waals surface area contributed by atoms with Crippen molar-refractivity contribution in [2.75, 3.05) is 0 Å². The van der Waals surface area contributed by atoms with Crippen molar-refractivity contribution in [1.29, 1.82) is 0 Å². The minimum absolute atomic E-state index is 0. The molecule has 0 saturated carbocycles. The molecule has 0 aliphatic carbocycles. The molecule has 0 rings (SSSR count). The second-order valence-corrected chi connectivity index (χ2v) is 0.575. The molecule has 0 fully saturated rings. The maximum absolute atomic E-state index is 9.17. The zero-order chi connectivity index (χ0) is 3.41. The Balaban J connectivity index is 0. The van der Waals surface area contributed by atoms with Gasteiger partial charge in [0.2, 0.25) is 0 Å². The van der Waals surface area contributed by atoms with Gasteiger partial charge in [-0.2, -0.15) is 0 Å². The van der Waals surface area contributed by atoms with Crippen LogP contribution in [-0.2, 0) is 4.79 Å². The third-order valence-electron chi connectivity index (χ3n) is 0.167. The summed E-state index contributed by atoms with van der Waals surface area (Å²) in [6, 6.07) is 0. The predicted molar refractivity (Wildman–Crippen MR) is 23.5 cm³/mol. The van der Waals surface area contributed by atoms with E-state index in [0.29, 0.717) is 6.42 Å². The van der Waals surface area contributed by atoms with Crippen molar-refractivity contribution < 1.29 is 4.79 Å². The molecule has 0 atom stereocenters. The van der Waals surface area contributed by atoms with Crippen LogP contribution in [0.5, 0.6) is 0 Å². The van der Waals surface area contributed by atoms with Crippen molar-refractivity contribution in [2.24, 2.45) is 0 Å². The molecule has 0 N–H and O–H groups in total. The van der Waals surface area contributed by atoms with E-state index < -0.39 is 0 Å². The van der Waals surface area contributed by atoms with Crippen LogP contribution in [0.1, 0.15) is 13.3 Å². The van der Waals surface area contributed by atoms with Gasteiger partial charge in [0.25, 0.3) is 0 Å². The van der Waals surface area contributed by atoms with E-state index in [1.807, 2.05) is 6.92 Å². The van der Waals surface area contributed by atoms with Gasteiger partial charge in [-0.1, -0.05) is 6.92 Å². The Morgan fingerprint density at radius 1 is 1.80 bits per heavy atom. The molecule has 0 spiro atoms. The fourth-order valence-electron chi connectivity index (χ4n) is 0. The number of hydrogen-bond donors (Lipinski definition) is 0. The zero-order valence-corrected chi connectivity index (χ0v) is 2.69. The van der Waals surface area contributed by atoms with Crippen LogP contribution < -0.4 is 0 Å². The molecule has 0 radical (unpaired) electrons. The quantitative estimate of drug-likeness (QED) is 0.472. The average Bonchev–Trinajstić information content (AvgIpc) is 1.37. The number of aldehydes is 1. The van der Waals surface area contributed by atoms with Gasteiger partial charge in [0.05, 0.1) is 0 Å². The maximum atomic E-state index is 9.17. The summed E-state index contributed by atoms with van der Waals surface area (Å²) in [4.78, 5) is 9.17. The molecule has 5 heavy (non-hydrogen) atoms. The van der Waals surface area contributed by atoms with Crippen LogP contribution in [0.25, 0.3) is 0 Å². The number of hydrogen-bond acceptors (Lipinski definition) is 1. The van der Waals surface area contributed by atoms with Gasteiger partial charge in [0.1, 0.15) is 6.29 Å². The third-order valence-corrected chi connectivity index (χ3v) is 0.167. The Kier molecular flexibility index (Phi) is 17.6. The van der Waals surface area contributed by atoms with Crippen LogP contribution in [0.15, 0.2) is 0 Å². The number of carbonyl (C=O) groups excluding carboxylic acids is 1. The van der Waals surface area contributed by atoms with Crippen LogP contribution in [0.2, 0.25) is 0 Å². The Hall–Kier alpha value is 1.48. The first-order chi connectivity index (χ1) is 1.91. The van der Waals surface area contributed by atoms with Crippen molar-refractivity contribution in [3.63, 3.8) is 0 Å². The summed E-state index contributed by atoms with van der Waals surface area (Å²) in [6.45, 7) is 1.81. The molecule has 0 aromatic rings. The first-order valence-electron chi connectivity index (χ1n) is 1.35. The van der Waals surface area contributed by atoms with E-state index in [0.717, 1.165) is 6.29 Å². The van der Waals surface area contributed by atoms with Crippen LogP contribution in [0.4, 0.5) is 0 Å². The number of carbonyl (C=O) groups is 1. The van der Waals surface area contributed by atoms with Crippen molar-refractivity contribution in [3.8, 4) is 0 Å². The molecule has 0 aliphatic heterocycles. The summed E-state index contributed by atoms with van der Waals surface area (Å²) in [5, 5.41) is 0. The molecule has 0 aliphatic rings. The van der Waals surface area contributed by atoms with Crippen LogP contribution in [-0.4, -0.2) is 64.5 Å². The molecule has 0 amide bonds. The zero-order valence-electron chi connectivity index (χ0n) is 2.69. The molecule has 0 aromatic carbocycles. The van der Waals surface area contributed by atoms with Gasteiger partial charge in [-0.15, -0.1) is 0 Å². The van der Waals surface area contributed by atoms with Crippen LogP contribution >= 0.6 is 0 Å². The van der Waals surface area contributed by atoms with Crippen LogP contribution in [0, 0.1) is 0 Å². The van der Waals surface area contributed by atoms with Gasteiger partial charge in [-0.05, 0) is 0 Å². The van der Waals surface area contributed by atoms with E-state index in [-0.39, 0.29) is 58.2 Å². The summed E-state index contributed by atoms with van der Waals surface area (Å²) < 4.78 is 0. The fraction of sp³-hybridized carbons (Fsp3) is 0.667. The second kappa shape index (κ2) is 9.08. The van der Waals surface area contributed by atoms with Gasteiger partial charge in [-0.25, -0.2) is 0 Å². The Bertz CT molecular complexity index is 20.9. The first-order valence-corrected chi connectivity index (χ1v) is 1.35. The Labute approximate surface area is 80.9 Å². The van der Waals surface area contributed by atoms with E-state index in [4.69, 9.17) is 0 Å². The standard InChI is InChI=1S/C3H6O.Rb.H/c1-2-3-4;;/h3H,2H2,1H3;;. The van der Waals surface area contributed by atoms with Gasteiger partial charge in [0.15, 0.2) is 0 Å². The van der Waals surface area contributed by atoms with E-state index >= 15 is 0 Å². The van der Waals surface area contributed by atoms with Gasteiger partial charge < -0.3 is 4.79 Å². The SMILES string of the molecule is CCC=O.[RbH]. The van der Waals surface area contributed by atoms with Gasteiger partial charge in [-0.3, -0.25) is 0 Å². The summed E-state index contributed by atoms with van der Waals surface area (Å²) in [7, 11) is 0. The molecule has 1 nitrogen and oxygen atoms in total. The van der Waals surface area contributed by atoms with E-state index in [9.17, 15) is 4.79 Å². The van der Waals surface area contributed by atoms with Crippen molar-refractivity contribution in [1.82, 2.24) is 0 Å². The monoisotopic (exact) mass is 144 g/mol. The minimum atomic E-state index is 0. The van der Waals surface area contributed by atoms with Crippen molar-refractivity contribution in [2.45, 2.75) is 13.3 Å². The molecular formula is C3H7ORb. The Morgan fingerprint density at radius 3 is 2.00 bits per heavy atom. The molecule has 0 bridgehead atoms. The fourth-order valence-corrected chi connectivity index (χ4v) is 0. The molecule has 2 heteroatoms. The molecule has 0 aromatic heterocycles. The average molecular weight is 145 g/mol. The topological polar surface area (TPSA) is 17.1 Å². The summed E-state index contributed by atoms with van der Waals surface area (Å²) in [5.74, 6) is 0. The molecule has 0 saturated heterocycles. The first kappa shape index (κ1) is 9.69. The van der Waals surface area contributed by atoms with Crippen molar-refractivity contribution in [3.05, 3.63) is 0 Å².